The molecule has 0 unspecified atom stereocenters. The third-order valence-corrected chi connectivity index (χ3v) is 4.33. The number of aliphatic hydroxyl groups is 1. The Hall–Kier alpha value is -2.77. The molecule has 1 heterocycles. The normalized spacial score (nSPS) is 11.4. The summed E-state index contributed by atoms with van der Waals surface area (Å²) in [4.78, 5) is 12.8. The topological polar surface area (TPSA) is 92.9 Å². The van der Waals surface area contributed by atoms with E-state index in [2.05, 4.69) is 20.8 Å². The first-order chi connectivity index (χ1) is 12.8. The quantitative estimate of drug-likeness (QED) is 0.704. The van der Waals surface area contributed by atoms with E-state index in [-0.39, 0.29) is 12.5 Å². The van der Waals surface area contributed by atoms with Crippen molar-refractivity contribution < 1.29 is 9.90 Å². The van der Waals surface area contributed by atoms with Crippen LogP contribution in [-0.4, -0.2) is 43.4 Å². The molecule has 0 fully saturated rings. The number of rotatable bonds is 5. The van der Waals surface area contributed by atoms with Gasteiger partial charge in [0.05, 0.1) is 17.8 Å². The van der Waals surface area contributed by atoms with Gasteiger partial charge in [-0.1, -0.05) is 23.7 Å². The molecular weight excluding hydrogens is 366 g/mol. The van der Waals surface area contributed by atoms with Crippen molar-refractivity contribution in [3.63, 3.8) is 0 Å². The maximum atomic E-state index is 12.8. The van der Waals surface area contributed by atoms with E-state index in [9.17, 15) is 9.90 Å². The first kappa shape index (κ1) is 19.0. The second kappa shape index (κ2) is 7.46. The zero-order chi connectivity index (χ0) is 19.6. The monoisotopic (exact) mass is 385 g/mol. The van der Waals surface area contributed by atoms with Gasteiger partial charge >= 0.3 is 0 Å². The molecule has 0 aliphatic carbocycles. The van der Waals surface area contributed by atoms with Gasteiger partial charge in [-0.3, -0.25) is 4.79 Å². The fourth-order valence-corrected chi connectivity index (χ4v) is 2.69. The number of nitrogens with one attached hydrogen (secondary N) is 1. The van der Waals surface area contributed by atoms with Gasteiger partial charge in [0.25, 0.3) is 5.91 Å². The van der Waals surface area contributed by atoms with Gasteiger partial charge in [-0.15, -0.1) is 5.10 Å². The molecule has 3 aromatic rings. The smallest absolute Gasteiger partial charge is 0.251 e. The summed E-state index contributed by atoms with van der Waals surface area (Å²) < 4.78 is 1.56. The molecule has 0 atom stereocenters. The van der Waals surface area contributed by atoms with Gasteiger partial charge < -0.3 is 10.4 Å². The second-order valence-electron chi connectivity index (χ2n) is 6.91. The Labute approximate surface area is 162 Å². The van der Waals surface area contributed by atoms with Crippen molar-refractivity contribution >= 4 is 17.5 Å². The number of hydrogen-bond donors (Lipinski definition) is 2. The maximum absolute atomic E-state index is 12.8. The molecule has 2 aromatic carbocycles. The molecule has 0 spiro atoms. The van der Waals surface area contributed by atoms with E-state index in [1.54, 1.807) is 49.7 Å². The average molecular weight is 386 g/mol. The number of aliphatic hydroxyl groups excluding tert-OH is 1. The average Bonchev–Trinajstić information content (AvgIpc) is 3.07. The van der Waals surface area contributed by atoms with Crippen molar-refractivity contribution in [2.75, 3.05) is 6.61 Å². The SMILES string of the molecule is Cc1nnnn1-c1cc(C(=O)NC(C)(C)CO)cc(-c2ccc(Cl)cc2)c1. The number of carbonyl (C=O) groups is 1. The van der Waals surface area contributed by atoms with Crippen molar-refractivity contribution in [2.24, 2.45) is 0 Å². The summed E-state index contributed by atoms with van der Waals surface area (Å²) in [5, 5.41) is 24.5. The van der Waals surface area contributed by atoms with Crippen molar-refractivity contribution in [2.45, 2.75) is 26.3 Å². The van der Waals surface area contributed by atoms with Gasteiger partial charge in [0, 0.05) is 10.6 Å². The van der Waals surface area contributed by atoms with Gasteiger partial charge in [0.15, 0.2) is 5.82 Å². The third-order valence-electron chi connectivity index (χ3n) is 4.07. The molecule has 0 saturated carbocycles. The van der Waals surface area contributed by atoms with Crippen LogP contribution in [0.4, 0.5) is 0 Å². The Bertz CT molecular complexity index is 966. The summed E-state index contributed by atoms with van der Waals surface area (Å²) in [6, 6.07) is 12.8. The fraction of sp³-hybridized carbons (Fsp3) is 0.263. The summed E-state index contributed by atoms with van der Waals surface area (Å²) in [7, 11) is 0. The highest BCUT2D eigenvalue weighted by atomic mass is 35.5. The highest BCUT2D eigenvalue weighted by Crippen LogP contribution is 2.26. The van der Waals surface area contributed by atoms with Crippen molar-refractivity contribution in [3.8, 4) is 16.8 Å². The van der Waals surface area contributed by atoms with Crippen molar-refractivity contribution in [1.29, 1.82) is 0 Å². The summed E-state index contributed by atoms with van der Waals surface area (Å²) in [6.07, 6.45) is 0. The van der Waals surface area contributed by atoms with Gasteiger partial charge in [-0.2, -0.15) is 4.68 Å². The molecular formula is C19H20ClN5O2. The van der Waals surface area contributed by atoms with Crippen LogP contribution in [-0.2, 0) is 0 Å². The van der Waals surface area contributed by atoms with Crippen LogP contribution >= 0.6 is 11.6 Å². The third kappa shape index (κ3) is 4.32. The standard InChI is InChI=1S/C19H20ClN5O2/c1-12-22-23-24-25(12)17-9-14(13-4-6-16(20)7-5-13)8-15(10-17)18(27)21-19(2,3)11-26/h4-10,26H,11H2,1-3H3,(H,21,27). The number of aromatic nitrogens is 4. The van der Waals surface area contributed by atoms with Crippen LogP contribution in [0.15, 0.2) is 42.5 Å². The molecule has 1 aromatic heterocycles. The number of hydrogen-bond acceptors (Lipinski definition) is 5. The van der Waals surface area contributed by atoms with E-state index in [1.165, 1.54) is 0 Å². The maximum Gasteiger partial charge on any atom is 0.251 e. The molecule has 0 saturated heterocycles. The highest BCUT2D eigenvalue weighted by Gasteiger charge is 2.21. The predicted molar refractivity (Wildman–Crippen MR) is 103 cm³/mol. The van der Waals surface area contributed by atoms with Crippen LogP contribution in [0.5, 0.6) is 0 Å². The number of aryl methyl sites for hydroxylation is 1. The Morgan fingerprint density at radius 2 is 1.89 bits per heavy atom. The Morgan fingerprint density at radius 1 is 1.19 bits per heavy atom. The zero-order valence-electron chi connectivity index (χ0n) is 15.3. The van der Waals surface area contributed by atoms with E-state index in [0.29, 0.717) is 22.1 Å². The van der Waals surface area contributed by atoms with E-state index < -0.39 is 5.54 Å². The number of tetrazole rings is 1. The molecule has 0 bridgehead atoms. The minimum Gasteiger partial charge on any atom is -0.394 e. The lowest BCUT2D eigenvalue weighted by Crippen LogP contribution is -2.46. The molecule has 1 amide bonds. The van der Waals surface area contributed by atoms with Gasteiger partial charge in [-0.25, -0.2) is 0 Å². The summed E-state index contributed by atoms with van der Waals surface area (Å²) in [5.41, 5.74) is 2.09. The molecule has 0 aliphatic heterocycles. The molecule has 3 rings (SSSR count). The highest BCUT2D eigenvalue weighted by molar-refractivity contribution is 6.30. The Kier molecular flexibility index (Phi) is 5.25. The first-order valence-corrected chi connectivity index (χ1v) is 8.77. The number of amides is 1. The zero-order valence-corrected chi connectivity index (χ0v) is 16.0. The van der Waals surface area contributed by atoms with E-state index in [1.807, 2.05) is 18.2 Å². The van der Waals surface area contributed by atoms with E-state index >= 15 is 0 Å². The second-order valence-corrected chi connectivity index (χ2v) is 7.35. The molecule has 8 heteroatoms. The lowest BCUT2D eigenvalue weighted by atomic mass is 10.0. The van der Waals surface area contributed by atoms with Crippen LogP contribution in [0.2, 0.25) is 5.02 Å². The van der Waals surface area contributed by atoms with Gasteiger partial charge in [0.1, 0.15) is 0 Å². The molecule has 7 nitrogen and oxygen atoms in total. The molecule has 0 radical (unpaired) electrons. The number of carbonyl (C=O) groups excluding carboxylic acids is 1. The largest absolute Gasteiger partial charge is 0.394 e. The summed E-state index contributed by atoms with van der Waals surface area (Å²) in [6.45, 7) is 5.11. The first-order valence-electron chi connectivity index (χ1n) is 8.39. The van der Waals surface area contributed by atoms with Crippen LogP contribution in [0.25, 0.3) is 16.8 Å². The lowest BCUT2D eigenvalue weighted by Gasteiger charge is -2.23. The van der Waals surface area contributed by atoms with Gasteiger partial charge in [-0.05, 0) is 72.7 Å². The molecule has 140 valence electrons. The molecule has 27 heavy (non-hydrogen) atoms. The van der Waals surface area contributed by atoms with E-state index in [4.69, 9.17) is 11.6 Å². The van der Waals surface area contributed by atoms with E-state index in [0.717, 1.165) is 11.1 Å². The Balaban J connectivity index is 2.10. The fourth-order valence-electron chi connectivity index (χ4n) is 2.56. The molecule has 2 N–H and O–H groups in total. The number of benzene rings is 2. The van der Waals surface area contributed by atoms with Crippen LogP contribution in [0.1, 0.15) is 30.0 Å². The van der Waals surface area contributed by atoms with Crippen LogP contribution in [0.3, 0.4) is 0 Å². The summed E-state index contributed by atoms with van der Waals surface area (Å²) >= 11 is 5.98. The van der Waals surface area contributed by atoms with Crippen molar-refractivity contribution in [3.05, 3.63) is 58.9 Å². The summed E-state index contributed by atoms with van der Waals surface area (Å²) in [5.74, 6) is 0.308. The Morgan fingerprint density at radius 3 is 2.48 bits per heavy atom. The van der Waals surface area contributed by atoms with Gasteiger partial charge in [0.2, 0.25) is 0 Å². The van der Waals surface area contributed by atoms with Crippen LogP contribution < -0.4 is 5.32 Å². The number of halogens is 1. The van der Waals surface area contributed by atoms with Crippen LogP contribution in [0, 0.1) is 6.92 Å². The lowest BCUT2D eigenvalue weighted by molar-refractivity contribution is 0.0869. The predicted octanol–water partition coefficient (Wildman–Crippen LogP) is 2.79. The number of nitrogens with zero attached hydrogens (tertiary/aromatic N) is 4. The molecule has 0 aliphatic rings. The van der Waals surface area contributed by atoms with Crippen molar-refractivity contribution in [1.82, 2.24) is 25.5 Å². The minimum absolute atomic E-state index is 0.172. The minimum atomic E-state index is -0.738.